The van der Waals surface area contributed by atoms with E-state index >= 15 is 0 Å². The molecule has 1 atom stereocenters. The highest BCUT2D eigenvalue weighted by Gasteiger charge is 2.19. The van der Waals surface area contributed by atoms with Crippen LogP contribution >= 0.6 is 10.8 Å². The quantitative estimate of drug-likeness (QED) is 0.436. The molecule has 0 spiro atoms. The second kappa shape index (κ2) is 10.00. The Bertz CT molecular complexity index is 206. The van der Waals surface area contributed by atoms with E-state index in [1.807, 2.05) is 6.92 Å². The number of aliphatic hydroxyl groups is 1. The van der Waals surface area contributed by atoms with Crippen molar-refractivity contribution in [1.29, 1.82) is 0 Å². The van der Waals surface area contributed by atoms with Crippen molar-refractivity contribution in [1.82, 2.24) is 4.31 Å². The third kappa shape index (κ3) is 7.56. The van der Waals surface area contributed by atoms with Crippen molar-refractivity contribution in [2.75, 3.05) is 25.4 Å². The van der Waals surface area contributed by atoms with Crippen molar-refractivity contribution in [3.05, 3.63) is 0 Å². The maximum absolute atomic E-state index is 9.99. The molecule has 6 heteroatoms. The van der Waals surface area contributed by atoms with Gasteiger partial charge in [-0.2, -0.15) is 0 Å². The summed E-state index contributed by atoms with van der Waals surface area (Å²) in [6.45, 7) is 4.76. The molecule has 0 aromatic heterocycles. The molecule has 0 radical (unpaired) electrons. The molecule has 0 aromatic rings. The Kier molecular flexibility index (Phi) is 10.1. The summed E-state index contributed by atoms with van der Waals surface area (Å²) >= 11 is 0. The summed E-state index contributed by atoms with van der Waals surface area (Å²) in [6.07, 6.45) is 4.80. The van der Waals surface area contributed by atoms with Crippen molar-refractivity contribution in [3.8, 4) is 0 Å². The second-order valence-electron chi connectivity index (χ2n) is 4.60. The first-order chi connectivity index (χ1) is 8.47. The van der Waals surface area contributed by atoms with Crippen molar-refractivity contribution in [3.63, 3.8) is 0 Å². The fourth-order valence-corrected chi connectivity index (χ4v) is 3.47. The Morgan fingerprint density at radius 3 is 2.33 bits per heavy atom. The number of unbranched alkanes of at least 4 members (excludes halogenated alkanes) is 2. The molecular weight excluding hydrogens is 252 g/mol. The van der Waals surface area contributed by atoms with Crippen LogP contribution in [0.1, 0.15) is 46.0 Å². The van der Waals surface area contributed by atoms with E-state index in [1.54, 1.807) is 4.31 Å². The molecular formula is C12H30N2O3S. The van der Waals surface area contributed by atoms with E-state index in [1.165, 1.54) is 0 Å². The minimum absolute atomic E-state index is 0.0466. The molecule has 0 aromatic carbocycles. The Balaban J connectivity index is 3.81. The number of hydrogen-bond donors (Lipinski definition) is 4. The predicted octanol–water partition coefficient (Wildman–Crippen LogP) is 2.26. The van der Waals surface area contributed by atoms with Crippen LogP contribution in [0.3, 0.4) is 0 Å². The zero-order valence-corrected chi connectivity index (χ0v) is 12.5. The first-order valence-corrected chi connectivity index (χ1v) is 8.52. The van der Waals surface area contributed by atoms with E-state index in [4.69, 9.17) is 10.8 Å². The summed E-state index contributed by atoms with van der Waals surface area (Å²) in [5.74, 6) is 0.391. The molecule has 0 fully saturated rings. The molecule has 0 aliphatic rings. The molecule has 0 saturated carbocycles. The maximum atomic E-state index is 9.99. The fourth-order valence-electron chi connectivity index (χ4n) is 1.83. The van der Waals surface area contributed by atoms with Crippen molar-refractivity contribution >= 4 is 10.8 Å². The lowest BCUT2D eigenvalue weighted by molar-refractivity contribution is 0.245. The van der Waals surface area contributed by atoms with Gasteiger partial charge in [0.25, 0.3) is 0 Å². The average Bonchev–Trinajstić information content (AvgIpc) is 2.34. The summed E-state index contributed by atoms with van der Waals surface area (Å²) < 4.78 is 21.5. The van der Waals surface area contributed by atoms with Crippen LogP contribution in [0.2, 0.25) is 0 Å². The monoisotopic (exact) mass is 282 g/mol. The van der Waals surface area contributed by atoms with Crippen LogP contribution in [0.4, 0.5) is 0 Å². The van der Waals surface area contributed by atoms with E-state index in [2.05, 4.69) is 6.92 Å². The molecule has 5 N–H and O–H groups in total. The zero-order chi connectivity index (χ0) is 14.0. The molecule has 5 nitrogen and oxygen atoms in total. The number of aliphatic hydroxyl groups excluding tert-OH is 1. The fraction of sp³-hybridized carbons (Fsp3) is 1.00. The van der Waals surface area contributed by atoms with Crippen LogP contribution in [0.15, 0.2) is 0 Å². The Morgan fingerprint density at radius 1 is 1.17 bits per heavy atom. The number of hydrogen-bond acceptors (Lipinski definition) is 5. The molecule has 0 aliphatic heterocycles. The molecule has 0 heterocycles. The second-order valence-corrected chi connectivity index (χ2v) is 6.79. The van der Waals surface area contributed by atoms with Crippen LogP contribution in [-0.4, -0.2) is 50.0 Å². The highest BCUT2D eigenvalue weighted by Crippen LogP contribution is 2.43. The lowest BCUT2D eigenvalue weighted by Crippen LogP contribution is -2.31. The molecule has 112 valence electrons. The summed E-state index contributed by atoms with van der Waals surface area (Å²) in [7, 11) is -2.70. The van der Waals surface area contributed by atoms with Gasteiger partial charge < -0.3 is 10.8 Å². The van der Waals surface area contributed by atoms with Crippen LogP contribution in [-0.2, 0) is 0 Å². The minimum Gasteiger partial charge on any atom is -0.395 e. The molecule has 0 amide bonds. The molecule has 18 heavy (non-hydrogen) atoms. The normalized spacial score (nSPS) is 15.1. The van der Waals surface area contributed by atoms with Gasteiger partial charge in [0.1, 0.15) is 0 Å². The first kappa shape index (κ1) is 18.1. The minimum atomic E-state index is -2.70. The topological polar surface area (TPSA) is 90.0 Å². The van der Waals surface area contributed by atoms with Crippen molar-refractivity contribution < 1.29 is 14.2 Å². The van der Waals surface area contributed by atoms with Crippen molar-refractivity contribution in [2.24, 2.45) is 5.73 Å². The van der Waals surface area contributed by atoms with Gasteiger partial charge in [-0.05, 0) is 19.3 Å². The smallest absolute Gasteiger partial charge is 0.0575 e. The van der Waals surface area contributed by atoms with Gasteiger partial charge in [0.2, 0.25) is 0 Å². The number of nitrogens with two attached hydrogens (primary N) is 1. The molecule has 0 bridgehead atoms. The van der Waals surface area contributed by atoms with E-state index in [9.17, 15) is 9.11 Å². The van der Waals surface area contributed by atoms with Gasteiger partial charge in [-0.1, -0.05) is 26.7 Å². The van der Waals surface area contributed by atoms with Gasteiger partial charge in [0.15, 0.2) is 0 Å². The van der Waals surface area contributed by atoms with Gasteiger partial charge in [0, 0.05) is 19.1 Å². The van der Waals surface area contributed by atoms with Gasteiger partial charge in [0.05, 0.1) is 12.4 Å². The third-order valence-electron chi connectivity index (χ3n) is 3.13. The molecule has 0 saturated heterocycles. The summed E-state index contributed by atoms with van der Waals surface area (Å²) in [4.78, 5) is 0. The van der Waals surface area contributed by atoms with Gasteiger partial charge in [-0.25, -0.2) is 4.31 Å². The van der Waals surface area contributed by atoms with Gasteiger partial charge in [-0.15, -0.1) is 10.8 Å². The van der Waals surface area contributed by atoms with Crippen LogP contribution in [0.25, 0.3) is 0 Å². The lowest BCUT2D eigenvalue weighted by Gasteiger charge is -2.42. The number of nitrogens with zero attached hydrogens (tertiary/aromatic N) is 1. The standard InChI is InChI=1S/C12H30N2O3S/c1-3-12(13)8-6-5-7-11-18(16,17)14(4-2)9-10-15/h12,15-17H,3-11,13H2,1-2H3/t12-/m0/s1. The van der Waals surface area contributed by atoms with E-state index in [0.29, 0.717) is 18.8 Å². The molecule has 0 unspecified atom stereocenters. The zero-order valence-electron chi connectivity index (χ0n) is 11.7. The summed E-state index contributed by atoms with van der Waals surface area (Å²) in [5.41, 5.74) is 5.82. The van der Waals surface area contributed by atoms with E-state index in [0.717, 1.165) is 32.1 Å². The Hall–Kier alpha value is 0.150. The lowest BCUT2D eigenvalue weighted by atomic mass is 10.1. The van der Waals surface area contributed by atoms with Crippen LogP contribution in [0, 0.1) is 0 Å². The Labute approximate surface area is 113 Å². The van der Waals surface area contributed by atoms with E-state index < -0.39 is 10.8 Å². The largest absolute Gasteiger partial charge is 0.395 e. The van der Waals surface area contributed by atoms with Gasteiger partial charge >= 0.3 is 0 Å². The number of likely N-dealkylation sites (N-methyl/N-ethyl adjacent to an activating group) is 1. The predicted molar refractivity (Wildman–Crippen MR) is 78.8 cm³/mol. The van der Waals surface area contributed by atoms with Crippen molar-refractivity contribution in [2.45, 2.75) is 52.0 Å². The van der Waals surface area contributed by atoms with Crippen LogP contribution < -0.4 is 5.73 Å². The molecule has 0 aliphatic carbocycles. The highest BCUT2D eigenvalue weighted by atomic mass is 32.3. The number of rotatable bonds is 11. The first-order valence-electron chi connectivity index (χ1n) is 6.85. The third-order valence-corrected chi connectivity index (χ3v) is 5.24. The van der Waals surface area contributed by atoms with Crippen LogP contribution in [0.5, 0.6) is 0 Å². The van der Waals surface area contributed by atoms with E-state index in [-0.39, 0.29) is 12.6 Å². The highest BCUT2D eigenvalue weighted by molar-refractivity contribution is 8.22. The summed E-state index contributed by atoms with van der Waals surface area (Å²) in [6, 6.07) is 0.270. The summed E-state index contributed by atoms with van der Waals surface area (Å²) in [5, 5.41) is 8.86. The molecule has 0 rings (SSSR count). The SMILES string of the molecule is CC[C@H](N)CCCCCS(O)(O)N(CC)CCO. The van der Waals surface area contributed by atoms with Gasteiger partial charge in [-0.3, -0.25) is 9.11 Å². The maximum Gasteiger partial charge on any atom is 0.0575 e. The average molecular weight is 282 g/mol. The Morgan fingerprint density at radius 2 is 1.83 bits per heavy atom.